The third-order valence-corrected chi connectivity index (χ3v) is 3.97. The SMILES string of the molecule is CS(=O)(=O)CC1=CN=C(N)S1(=O)=O. The summed E-state index contributed by atoms with van der Waals surface area (Å²) in [5.74, 6) is -0.556. The number of hydrogen-bond acceptors (Lipinski definition) is 6. The molecule has 0 aromatic carbocycles. The fourth-order valence-corrected chi connectivity index (χ4v) is 3.29. The first-order valence-corrected chi connectivity index (χ1v) is 6.73. The van der Waals surface area contributed by atoms with Gasteiger partial charge in [-0.25, -0.2) is 21.8 Å². The fourth-order valence-electron chi connectivity index (χ4n) is 0.782. The summed E-state index contributed by atoms with van der Waals surface area (Å²) in [6, 6.07) is 0. The molecule has 1 aliphatic heterocycles. The highest BCUT2D eigenvalue weighted by Gasteiger charge is 2.29. The van der Waals surface area contributed by atoms with E-state index in [0.717, 1.165) is 12.5 Å². The van der Waals surface area contributed by atoms with Crippen LogP contribution >= 0.6 is 0 Å². The molecule has 1 aliphatic rings. The van der Waals surface area contributed by atoms with Crippen molar-refractivity contribution < 1.29 is 16.8 Å². The van der Waals surface area contributed by atoms with Crippen molar-refractivity contribution in [2.45, 2.75) is 0 Å². The predicted molar refractivity (Wildman–Crippen MR) is 48.3 cm³/mol. The van der Waals surface area contributed by atoms with E-state index in [9.17, 15) is 16.8 Å². The number of aliphatic imine (C=N–C) groups is 1. The van der Waals surface area contributed by atoms with Gasteiger partial charge in [0.05, 0.1) is 10.7 Å². The van der Waals surface area contributed by atoms with Crippen LogP contribution in [0.5, 0.6) is 0 Å². The van der Waals surface area contributed by atoms with Crippen molar-refractivity contribution >= 4 is 24.8 Å². The second-order valence-electron chi connectivity index (χ2n) is 2.64. The van der Waals surface area contributed by atoms with Crippen LogP contribution in [0.2, 0.25) is 0 Å². The summed E-state index contributed by atoms with van der Waals surface area (Å²) < 4.78 is 43.9. The molecule has 0 aromatic heterocycles. The molecule has 0 amide bonds. The Morgan fingerprint density at radius 1 is 1.54 bits per heavy atom. The molecule has 0 bridgehead atoms. The molecule has 74 valence electrons. The standard InChI is InChI=1S/C5H8N2O4S2/c1-12(8,9)3-4-2-7-5(6)13(4,10)11/h2H,3H2,1H3,(H2,6,7). The quantitative estimate of drug-likeness (QED) is 0.621. The summed E-state index contributed by atoms with van der Waals surface area (Å²) in [6.45, 7) is 0. The van der Waals surface area contributed by atoms with Crippen molar-refractivity contribution in [1.82, 2.24) is 0 Å². The van der Waals surface area contributed by atoms with Crippen molar-refractivity contribution in [3.63, 3.8) is 0 Å². The van der Waals surface area contributed by atoms with E-state index >= 15 is 0 Å². The maximum absolute atomic E-state index is 11.2. The normalized spacial score (nSPS) is 21.0. The van der Waals surface area contributed by atoms with E-state index in [0.29, 0.717) is 0 Å². The van der Waals surface area contributed by atoms with Gasteiger partial charge in [0.1, 0.15) is 0 Å². The molecule has 1 heterocycles. The van der Waals surface area contributed by atoms with Gasteiger partial charge in [-0.15, -0.1) is 0 Å². The third kappa shape index (κ3) is 2.07. The minimum Gasteiger partial charge on any atom is -0.374 e. The Hall–Kier alpha value is -0.890. The Balaban J connectivity index is 3.05. The zero-order valence-electron chi connectivity index (χ0n) is 6.76. The Labute approximate surface area is 76.0 Å². The second kappa shape index (κ2) is 2.81. The van der Waals surface area contributed by atoms with Gasteiger partial charge in [0.15, 0.2) is 9.84 Å². The lowest BCUT2D eigenvalue weighted by Gasteiger charge is -1.99. The predicted octanol–water partition coefficient (Wildman–Crippen LogP) is -1.38. The topological polar surface area (TPSA) is 107 Å². The molecule has 0 spiro atoms. The Morgan fingerprint density at radius 2 is 2.08 bits per heavy atom. The molecular formula is C5H8N2O4S2. The molecule has 0 saturated heterocycles. The van der Waals surface area contributed by atoms with Crippen LogP contribution in [-0.2, 0) is 19.7 Å². The van der Waals surface area contributed by atoms with E-state index in [1.165, 1.54) is 0 Å². The molecule has 0 fully saturated rings. The first kappa shape index (κ1) is 10.2. The summed E-state index contributed by atoms with van der Waals surface area (Å²) >= 11 is 0. The van der Waals surface area contributed by atoms with Crippen LogP contribution in [0.1, 0.15) is 0 Å². The molecule has 0 saturated carbocycles. The van der Waals surface area contributed by atoms with Gasteiger partial charge in [0.25, 0.3) is 0 Å². The molecular weight excluding hydrogens is 216 g/mol. The molecule has 0 atom stereocenters. The smallest absolute Gasteiger partial charge is 0.238 e. The van der Waals surface area contributed by atoms with E-state index in [1.54, 1.807) is 0 Å². The largest absolute Gasteiger partial charge is 0.374 e. The maximum Gasteiger partial charge on any atom is 0.238 e. The lowest BCUT2D eigenvalue weighted by Crippen LogP contribution is -2.24. The van der Waals surface area contributed by atoms with Crippen LogP contribution in [0.4, 0.5) is 0 Å². The van der Waals surface area contributed by atoms with Gasteiger partial charge in [0, 0.05) is 12.5 Å². The maximum atomic E-state index is 11.2. The van der Waals surface area contributed by atoms with Crippen molar-refractivity contribution in [3.8, 4) is 0 Å². The first-order chi connectivity index (χ1) is 5.73. The van der Waals surface area contributed by atoms with Gasteiger partial charge in [-0.3, -0.25) is 0 Å². The third-order valence-electron chi connectivity index (χ3n) is 1.36. The van der Waals surface area contributed by atoms with Crippen LogP contribution in [0.25, 0.3) is 0 Å². The van der Waals surface area contributed by atoms with Crippen LogP contribution in [0.3, 0.4) is 0 Å². The number of nitrogens with two attached hydrogens (primary N) is 1. The van der Waals surface area contributed by atoms with Crippen LogP contribution < -0.4 is 5.73 Å². The van der Waals surface area contributed by atoms with Crippen molar-refractivity contribution in [3.05, 3.63) is 11.1 Å². The summed E-state index contributed by atoms with van der Waals surface area (Å²) in [4.78, 5) is 3.06. The van der Waals surface area contributed by atoms with E-state index in [-0.39, 0.29) is 4.91 Å². The first-order valence-electron chi connectivity index (χ1n) is 3.18. The zero-order valence-corrected chi connectivity index (χ0v) is 8.39. The highest BCUT2D eigenvalue weighted by Crippen LogP contribution is 2.16. The number of rotatable bonds is 2. The Morgan fingerprint density at radius 3 is 2.38 bits per heavy atom. The van der Waals surface area contributed by atoms with Crippen molar-refractivity contribution in [2.24, 2.45) is 10.7 Å². The van der Waals surface area contributed by atoms with E-state index < -0.39 is 30.6 Å². The van der Waals surface area contributed by atoms with Crippen LogP contribution in [0, 0.1) is 0 Å². The molecule has 0 unspecified atom stereocenters. The Bertz CT molecular complexity index is 483. The molecule has 1 rings (SSSR count). The van der Waals surface area contributed by atoms with Gasteiger partial charge >= 0.3 is 0 Å². The monoisotopic (exact) mass is 224 g/mol. The summed E-state index contributed by atoms with van der Waals surface area (Å²) in [5.41, 5.74) is 5.04. The van der Waals surface area contributed by atoms with E-state index in [2.05, 4.69) is 4.99 Å². The summed E-state index contributed by atoms with van der Waals surface area (Å²) in [7, 11) is -7.17. The average Bonchev–Trinajstić information content (AvgIpc) is 2.13. The molecule has 0 radical (unpaired) electrons. The molecule has 2 N–H and O–H groups in total. The van der Waals surface area contributed by atoms with Crippen molar-refractivity contribution in [2.75, 3.05) is 12.0 Å². The Kier molecular flexibility index (Phi) is 2.20. The lowest BCUT2D eigenvalue weighted by molar-refractivity contribution is 0.600. The van der Waals surface area contributed by atoms with Gasteiger partial charge in [0.2, 0.25) is 15.0 Å². The van der Waals surface area contributed by atoms with Crippen LogP contribution in [0.15, 0.2) is 16.1 Å². The van der Waals surface area contributed by atoms with Gasteiger partial charge in [-0.05, 0) is 0 Å². The second-order valence-corrected chi connectivity index (χ2v) is 6.73. The fraction of sp³-hybridized carbons (Fsp3) is 0.400. The number of amidine groups is 1. The number of nitrogens with zero attached hydrogens (tertiary/aromatic N) is 1. The molecule has 0 aliphatic carbocycles. The summed E-state index contributed by atoms with van der Waals surface area (Å²) in [6.07, 6.45) is 1.91. The van der Waals surface area contributed by atoms with Crippen molar-refractivity contribution in [1.29, 1.82) is 0 Å². The zero-order chi connectivity index (χ0) is 10.3. The van der Waals surface area contributed by atoms with E-state index in [4.69, 9.17) is 5.73 Å². The minimum absolute atomic E-state index is 0.271. The minimum atomic E-state index is -3.79. The van der Waals surface area contributed by atoms with Gasteiger partial charge < -0.3 is 5.73 Å². The molecule has 6 nitrogen and oxygen atoms in total. The highest BCUT2D eigenvalue weighted by atomic mass is 32.2. The lowest BCUT2D eigenvalue weighted by atomic mass is 10.7. The molecule has 8 heteroatoms. The molecule has 0 aromatic rings. The van der Waals surface area contributed by atoms with Crippen LogP contribution in [-0.4, -0.2) is 34.0 Å². The highest BCUT2D eigenvalue weighted by molar-refractivity contribution is 8.10. The number of sulfone groups is 2. The summed E-state index contributed by atoms with van der Waals surface area (Å²) in [5, 5.41) is -0.550. The van der Waals surface area contributed by atoms with Gasteiger partial charge in [-0.1, -0.05) is 0 Å². The number of hydrogen-bond donors (Lipinski definition) is 1. The van der Waals surface area contributed by atoms with Gasteiger partial charge in [-0.2, -0.15) is 0 Å². The molecule has 13 heavy (non-hydrogen) atoms. The average molecular weight is 224 g/mol. The van der Waals surface area contributed by atoms with E-state index in [1.807, 2.05) is 0 Å².